The number of carbonyl (C=O) groups is 1. The summed E-state index contributed by atoms with van der Waals surface area (Å²) in [7, 11) is 0. The normalized spacial score (nSPS) is 25.0. The lowest BCUT2D eigenvalue weighted by Crippen LogP contribution is -2.25. The Morgan fingerprint density at radius 1 is 1.53 bits per heavy atom. The first-order valence-corrected chi connectivity index (χ1v) is 6.02. The van der Waals surface area contributed by atoms with E-state index in [1.807, 2.05) is 25.1 Å². The fraction of sp³-hybridized carbons (Fsp3) is 0.538. The highest BCUT2D eigenvalue weighted by molar-refractivity contribution is 5.71. The highest BCUT2D eigenvalue weighted by atomic mass is 16.4. The maximum absolute atomic E-state index is 11.0. The maximum atomic E-state index is 11.0. The molecule has 1 saturated heterocycles. The molecule has 4 heteroatoms. The molecule has 0 radical (unpaired) electrons. The molecule has 0 aromatic carbocycles. The number of hydrogen-bond acceptors (Lipinski definition) is 3. The van der Waals surface area contributed by atoms with E-state index in [9.17, 15) is 4.79 Å². The molecule has 1 aliphatic heterocycles. The summed E-state index contributed by atoms with van der Waals surface area (Å²) in [5.74, 6) is -0.632. The summed E-state index contributed by atoms with van der Waals surface area (Å²) in [5, 5.41) is 9.05. The van der Waals surface area contributed by atoms with E-state index in [4.69, 9.17) is 5.11 Å². The van der Waals surface area contributed by atoms with Crippen LogP contribution < -0.4 is 0 Å². The molecule has 1 aromatic heterocycles. The lowest BCUT2D eigenvalue weighted by atomic mass is 9.99. The zero-order valence-corrected chi connectivity index (χ0v) is 10.0. The summed E-state index contributed by atoms with van der Waals surface area (Å²) in [6.45, 7) is 4.46. The van der Waals surface area contributed by atoms with Gasteiger partial charge in [0.2, 0.25) is 0 Å². The molecule has 1 aromatic rings. The van der Waals surface area contributed by atoms with E-state index in [1.165, 1.54) is 0 Å². The van der Waals surface area contributed by atoms with Crippen molar-refractivity contribution in [3.8, 4) is 0 Å². The van der Waals surface area contributed by atoms with E-state index in [0.717, 1.165) is 25.2 Å². The maximum Gasteiger partial charge on any atom is 0.308 e. The monoisotopic (exact) mass is 234 g/mol. The van der Waals surface area contributed by atoms with Crippen LogP contribution in [0.1, 0.15) is 12.6 Å². The van der Waals surface area contributed by atoms with Gasteiger partial charge in [0.1, 0.15) is 0 Å². The van der Waals surface area contributed by atoms with Gasteiger partial charge in [0.15, 0.2) is 0 Å². The highest BCUT2D eigenvalue weighted by Gasteiger charge is 2.34. The topological polar surface area (TPSA) is 53.4 Å². The van der Waals surface area contributed by atoms with Crippen molar-refractivity contribution in [1.82, 2.24) is 9.88 Å². The molecular formula is C13H18N2O2. The Balaban J connectivity index is 1.84. The Morgan fingerprint density at radius 3 is 2.94 bits per heavy atom. The molecule has 0 saturated carbocycles. The van der Waals surface area contributed by atoms with Gasteiger partial charge in [0, 0.05) is 37.9 Å². The number of carboxylic acids is 1. The molecule has 2 atom stereocenters. The second-order valence-corrected chi connectivity index (χ2v) is 4.75. The highest BCUT2D eigenvalue weighted by Crippen LogP contribution is 2.22. The van der Waals surface area contributed by atoms with Gasteiger partial charge in [-0.1, -0.05) is 13.0 Å². The van der Waals surface area contributed by atoms with Gasteiger partial charge in [-0.25, -0.2) is 0 Å². The van der Waals surface area contributed by atoms with Crippen molar-refractivity contribution < 1.29 is 9.90 Å². The standard InChI is InChI=1S/C13H18N2O2/c1-10-8-15(9-12(10)13(16)17)7-5-11-4-2-3-6-14-11/h2-4,6,10,12H,5,7-9H2,1H3,(H,16,17)/t10-,12-/m1/s1. The lowest BCUT2D eigenvalue weighted by molar-refractivity contribution is -0.142. The number of rotatable bonds is 4. The average molecular weight is 234 g/mol. The number of likely N-dealkylation sites (tertiary alicyclic amines) is 1. The van der Waals surface area contributed by atoms with Gasteiger partial charge >= 0.3 is 5.97 Å². The molecule has 0 spiro atoms. The third kappa shape index (κ3) is 3.03. The van der Waals surface area contributed by atoms with Gasteiger partial charge in [-0.3, -0.25) is 9.78 Å². The minimum Gasteiger partial charge on any atom is -0.481 e. The van der Waals surface area contributed by atoms with Gasteiger partial charge in [-0.2, -0.15) is 0 Å². The minimum atomic E-state index is -0.669. The molecule has 0 aliphatic carbocycles. The summed E-state index contributed by atoms with van der Waals surface area (Å²) >= 11 is 0. The van der Waals surface area contributed by atoms with E-state index < -0.39 is 5.97 Å². The zero-order valence-electron chi connectivity index (χ0n) is 10.0. The molecule has 4 nitrogen and oxygen atoms in total. The van der Waals surface area contributed by atoms with Crippen LogP contribution in [0.2, 0.25) is 0 Å². The first-order valence-electron chi connectivity index (χ1n) is 6.02. The van der Waals surface area contributed by atoms with Crippen LogP contribution >= 0.6 is 0 Å². The van der Waals surface area contributed by atoms with Crippen LogP contribution in [-0.4, -0.2) is 40.6 Å². The molecule has 0 unspecified atom stereocenters. The Morgan fingerprint density at radius 2 is 2.35 bits per heavy atom. The SMILES string of the molecule is C[C@@H]1CN(CCc2ccccn2)C[C@H]1C(=O)O. The Bertz CT molecular complexity index is 380. The Labute approximate surface area is 101 Å². The summed E-state index contributed by atoms with van der Waals surface area (Å²) in [5.41, 5.74) is 1.07. The second-order valence-electron chi connectivity index (χ2n) is 4.75. The van der Waals surface area contributed by atoms with Crippen LogP contribution in [0.25, 0.3) is 0 Å². The van der Waals surface area contributed by atoms with E-state index in [1.54, 1.807) is 6.20 Å². The number of aliphatic carboxylic acids is 1. The van der Waals surface area contributed by atoms with Crippen molar-refractivity contribution in [2.45, 2.75) is 13.3 Å². The molecule has 0 bridgehead atoms. The van der Waals surface area contributed by atoms with Crippen LogP contribution in [0, 0.1) is 11.8 Å². The number of pyridine rings is 1. The number of hydrogen-bond donors (Lipinski definition) is 1. The van der Waals surface area contributed by atoms with E-state index in [0.29, 0.717) is 6.54 Å². The number of nitrogens with zero attached hydrogens (tertiary/aromatic N) is 2. The molecule has 1 N–H and O–H groups in total. The largest absolute Gasteiger partial charge is 0.481 e. The fourth-order valence-corrected chi connectivity index (χ4v) is 2.39. The van der Waals surface area contributed by atoms with Gasteiger partial charge < -0.3 is 10.0 Å². The van der Waals surface area contributed by atoms with Crippen LogP contribution in [-0.2, 0) is 11.2 Å². The van der Waals surface area contributed by atoms with Crippen LogP contribution in [0.5, 0.6) is 0 Å². The van der Waals surface area contributed by atoms with Crippen LogP contribution in [0.15, 0.2) is 24.4 Å². The summed E-state index contributed by atoms with van der Waals surface area (Å²) < 4.78 is 0. The van der Waals surface area contributed by atoms with Gasteiger partial charge in [0.25, 0.3) is 0 Å². The molecule has 1 fully saturated rings. The molecule has 2 rings (SSSR count). The molecule has 2 heterocycles. The van der Waals surface area contributed by atoms with Crippen LogP contribution in [0.4, 0.5) is 0 Å². The first kappa shape index (κ1) is 12.0. The second kappa shape index (κ2) is 5.27. The van der Waals surface area contributed by atoms with Crippen molar-refractivity contribution in [3.63, 3.8) is 0 Å². The van der Waals surface area contributed by atoms with Gasteiger partial charge in [0.05, 0.1) is 5.92 Å². The molecule has 92 valence electrons. The predicted octanol–water partition coefficient (Wildman–Crippen LogP) is 1.28. The number of carboxylic acid groups (broad SMARTS) is 1. The summed E-state index contributed by atoms with van der Waals surface area (Å²) in [6, 6.07) is 5.89. The van der Waals surface area contributed by atoms with Crippen molar-refractivity contribution in [1.29, 1.82) is 0 Å². The van der Waals surface area contributed by atoms with Crippen molar-refractivity contribution in [3.05, 3.63) is 30.1 Å². The van der Waals surface area contributed by atoms with E-state index in [2.05, 4.69) is 9.88 Å². The molecular weight excluding hydrogens is 216 g/mol. The third-order valence-corrected chi connectivity index (χ3v) is 3.42. The van der Waals surface area contributed by atoms with Crippen molar-refractivity contribution in [2.75, 3.05) is 19.6 Å². The molecule has 0 amide bonds. The summed E-state index contributed by atoms with van der Waals surface area (Å²) in [6.07, 6.45) is 2.68. The fourth-order valence-electron chi connectivity index (χ4n) is 2.39. The first-order chi connectivity index (χ1) is 8.16. The zero-order chi connectivity index (χ0) is 12.3. The van der Waals surface area contributed by atoms with Gasteiger partial charge in [-0.05, 0) is 18.1 Å². The Hall–Kier alpha value is -1.42. The quantitative estimate of drug-likeness (QED) is 0.852. The summed E-state index contributed by atoms with van der Waals surface area (Å²) in [4.78, 5) is 17.5. The average Bonchev–Trinajstić information content (AvgIpc) is 2.69. The van der Waals surface area contributed by atoms with Crippen molar-refractivity contribution >= 4 is 5.97 Å². The minimum absolute atomic E-state index is 0.210. The van der Waals surface area contributed by atoms with E-state index >= 15 is 0 Å². The smallest absolute Gasteiger partial charge is 0.308 e. The lowest BCUT2D eigenvalue weighted by Gasteiger charge is -2.14. The van der Waals surface area contributed by atoms with Crippen LogP contribution in [0.3, 0.4) is 0 Å². The third-order valence-electron chi connectivity index (χ3n) is 3.42. The molecule has 1 aliphatic rings. The predicted molar refractivity (Wildman–Crippen MR) is 64.7 cm³/mol. The van der Waals surface area contributed by atoms with Crippen molar-refractivity contribution in [2.24, 2.45) is 11.8 Å². The van der Waals surface area contributed by atoms with Gasteiger partial charge in [-0.15, -0.1) is 0 Å². The molecule has 17 heavy (non-hydrogen) atoms. The van der Waals surface area contributed by atoms with E-state index in [-0.39, 0.29) is 11.8 Å². The Kier molecular flexibility index (Phi) is 3.74. The number of aromatic nitrogens is 1.